The minimum atomic E-state index is 0.207. The van der Waals surface area contributed by atoms with Crippen LogP contribution < -0.4 is 0 Å². The molecule has 0 aliphatic heterocycles. The first kappa shape index (κ1) is 13.0. The van der Waals surface area contributed by atoms with E-state index < -0.39 is 0 Å². The molecule has 0 heterocycles. The second kappa shape index (κ2) is 5.29. The van der Waals surface area contributed by atoms with Crippen molar-refractivity contribution in [3.05, 3.63) is 35.5 Å². The molecule has 0 aromatic carbocycles. The number of ketones is 1. The van der Waals surface area contributed by atoms with E-state index >= 15 is 0 Å². The van der Waals surface area contributed by atoms with Crippen molar-refractivity contribution in [2.45, 2.75) is 47.0 Å². The van der Waals surface area contributed by atoms with Crippen LogP contribution in [-0.2, 0) is 4.79 Å². The van der Waals surface area contributed by atoms with Crippen molar-refractivity contribution in [3.8, 4) is 0 Å². The number of hydrogen-bond donors (Lipinski definition) is 0. The molecular weight excluding hydrogens is 196 g/mol. The number of allylic oxidation sites excluding steroid dienone is 6. The highest BCUT2D eigenvalue weighted by molar-refractivity contribution is 5.89. The van der Waals surface area contributed by atoms with Crippen molar-refractivity contribution in [2.24, 2.45) is 5.41 Å². The summed E-state index contributed by atoms with van der Waals surface area (Å²) < 4.78 is 0. The maximum absolute atomic E-state index is 11.1. The second-order valence-electron chi connectivity index (χ2n) is 5.18. The van der Waals surface area contributed by atoms with E-state index in [-0.39, 0.29) is 11.2 Å². The lowest BCUT2D eigenvalue weighted by molar-refractivity contribution is -0.114. The zero-order valence-corrected chi connectivity index (χ0v) is 10.8. The maximum atomic E-state index is 11.1. The van der Waals surface area contributed by atoms with E-state index in [0.717, 1.165) is 12.8 Å². The molecule has 0 saturated carbocycles. The molecule has 0 saturated heterocycles. The first-order valence-corrected chi connectivity index (χ1v) is 6.03. The van der Waals surface area contributed by atoms with Crippen LogP contribution in [0.3, 0.4) is 0 Å². The van der Waals surface area contributed by atoms with Gasteiger partial charge in [0.15, 0.2) is 5.78 Å². The predicted molar refractivity (Wildman–Crippen MR) is 69.3 cm³/mol. The summed E-state index contributed by atoms with van der Waals surface area (Å²) in [5, 5.41) is 0. The van der Waals surface area contributed by atoms with Crippen molar-refractivity contribution < 1.29 is 4.79 Å². The third-order valence-electron chi connectivity index (χ3n) is 2.98. The topological polar surface area (TPSA) is 17.1 Å². The van der Waals surface area contributed by atoms with Crippen LogP contribution >= 0.6 is 0 Å². The third-order valence-corrected chi connectivity index (χ3v) is 2.98. The highest BCUT2D eigenvalue weighted by Crippen LogP contribution is 2.33. The Morgan fingerprint density at radius 3 is 2.75 bits per heavy atom. The van der Waals surface area contributed by atoms with Gasteiger partial charge in [0.1, 0.15) is 0 Å². The average Bonchev–Trinajstić information content (AvgIpc) is 2.20. The molecule has 0 fully saturated rings. The SMILES string of the molecule is CCC(=O)C=CCC1=CCC(C)(C)C=C1C. The molecule has 16 heavy (non-hydrogen) atoms. The summed E-state index contributed by atoms with van der Waals surface area (Å²) in [5.41, 5.74) is 3.00. The molecule has 0 radical (unpaired) electrons. The van der Waals surface area contributed by atoms with Crippen LogP contribution in [-0.4, -0.2) is 5.78 Å². The van der Waals surface area contributed by atoms with Gasteiger partial charge in [-0.05, 0) is 36.8 Å². The van der Waals surface area contributed by atoms with Crippen LogP contribution in [0.4, 0.5) is 0 Å². The van der Waals surface area contributed by atoms with Gasteiger partial charge in [-0.2, -0.15) is 0 Å². The van der Waals surface area contributed by atoms with Crippen molar-refractivity contribution in [1.29, 1.82) is 0 Å². The van der Waals surface area contributed by atoms with E-state index in [1.165, 1.54) is 11.1 Å². The summed E-state index contributed by atoms with van der Waals surface area (Å²) in [6.45, 7) is 8.54. The van der Waals surface area contributed by atoms with Crippen LogP contribution in [0.15, 0.2) is 35.5 Å². The zero-order valence-electron chi connectivity index (χ0n) is 10.8. The lowest BCUT2D eigenvalue weighted by Gasteiger charge is -2.25. The third kappa shape index (κ3) is 3.80. The van der Waals surface area contributed by atoms with E-state index in [2.05, 4.69) is 32.9 Å². The normalized spacial score (nSPS) is 19.5. The largest absolute Gasteiger partial charge is 0.295 e. The molecule has 1 heteroatoms. The van der Waals surface area contributed by atoms with Gasteiger partial charge in [0.2, 0.25) is 0 Å². The Morgan fingerprint density at radius 2 is 2.19 bits per heavy atom. The van der Waals surface area contributed by atoms with Gasteiger partial charge >= 0.3 is 0 Å². The van der Waals surface area contributed by atoms with Crippen molar-refractivity contribution in [3.63, 3.8) is 0 Å². The molecule has 88 valence electrons. The Kier molecular flexibility index (Phi) is 4.28. The molecule has 1 nitrogen and oxygen atoms in total. The molecule has 0 atom stereocenters. The fraction of sp³-hybridized carbons (Fsp3) is 0.533. The Morgan fingerprint density at radius 1 is 1.50 bits per heavy atom. The fourth-order valence-electron chi connectivity index (χ4n) is 1.96. The Balaban J connectivity index is 2.58. The quantitative estimate of drug-likeness (QED) is 0.646. The smallest absolute Gasteiger partial charge is 0.155 e. The molecule has 1 rings (SSSR count). The lowest BCUT2D eigenvalue weighted by atomic mass is 9.80. The Hall–Kier alpha value is -1.11. The lowest BCUT2D eigenvalue weighted by Crippen LogP contribution is -2.11. The summed E-state index contributed by atoms with van der Waals surface area (Å²) in [7, 11) is 0. The molecule has 0 unspecified atom stereocenters. The minimum absolute atomic E-state index is 0.207. The van der Waals surface area contributed by atoms with Gasteiger partial charge in [-0.1, -0.05) is 44.6 Å². The van der Waals surface area contributed by atoms with Crippen LogP contribution in [0.2, 0.25) is 0 Å². The zero-order chi connectivity index (χ0) is 12.2. The summed E-state index contributed by atoms with van der Waals surface area (Å²) >= 11 is 0. The summed E-state index contributed by atoms with van der Waals surface area (Å²) in [5.74, 6) is 0.207. The molecule has 0 spiro atoms. The fourth-order valence-corrected chi connectivity index (χ4v) is 1.96. The van der Waals surface area contributed by atoms with Gasteiger partial charge in [0.05, 0.1) is 0 Å². The minimum Gasteiger partial charge on any atom is -0.295 e. The number of rotatable bonds is 4. The summed E-state index contributed by atoms with van der Waals surface area (Å²) in [6, 6.07) is 0. The summed E-state index contributed by atoms with van der Waals surface area (Å²) in [4.78, 5) is 11.1. The molecule has 1 aliphatic carbocycles. The predicted octanol–water partition coefficient (Wildman–Crippen LogP) is 4.21. The van der Waals surface area contributed by atoms with Gasteiger partial charge < -0.3 is 0 Å². The van der Waals surface area contributed by atoms with Gasteiger partial charge in [-0.15, -0.1) is 0 Å². The molecule has 0 aromatic heterocycles. The number of carbonyl (C=O) groups is 1. The molecule has 1 aliphatic rings. The van der Waals surface area contributed by atoms with Crippen LogP contribution in [0.1, 0.15) is 47.0 Å². The van der Waals surface area contributed by atoms with E-state index in [1.807, 2.05) is 13.0 Å². The number of carbonyl (C=O) groups excluding carboxylic acids is 1. The molecule has 0 N–H and O–H groups in total. The highest BCUT2D eigenvalue weighted by atomic mass is 16.1. The monoisotopic (exact) mass is 218 g/mol. The second-order valence-corrected chi connectivity index (χ2v) is 5.18. The molecular formula is C15H22O. The molecule has 0 amide bonds. The molecule has 0 aromatic rings. The average molecular weight is 218 g/mol. The van der Waals surface area contributed by atoms with Crippen molar-refractivity contribution in [2.75, 3.05) is 0 Å². The number of hydrogen-bond acceptors (Lipinski definition) is 1. The Bertz CT molecular complexity index is 354. The van der Waals surface area contributed by atoms with Gasteiger partial charge in [-0.25, -0.2) is 0 Å². The van der Waals surface area contributed by atoms with E-state index in [9.17, 15) is 4.79 Å². The van der Waals surface area contributed by atoms with Gasteiger partial charge in [0, 0.05) is 6.42 Å². The van der Waals surface area contributed by atoms with E-state index in [4.69, 9.17) is 0 Å². The highest BCUT2D eigenvalue weighted by Gasteiger charge is 2.18. The summed E-state index contributed by atoms with van der Waals surface area (Å²) in [6.07, 6.45) is 10.9. The first-order valence-electron chi connectivity index (χ1n) is 6.03. The van der Waals surface area contributed by atoms with Crippen molar-refractivity contribution >= 4 is 5.78 Å². The first-order chi connectivity index (χ1) is 7.44. The van der Waals surface area contributed by atoms with Crippen molar-refractivity contribution in [1.82, 2.24) is 0 Å². The standard InChI is InChI=1S/C15H22O/c1-5-14(16)8-6-7-13-9-10-15(3,4)11-12(13)2/h6,8-9,11H,5,7,10H2,1-4H3. The van der Waals surface area contributed by atoms with Crippen LogP contribution in [0, 0.1) is 5.41 Å². The van der Waals surface area contributed by atoms with Crippen LogP contribution in [0.25, 0.3) is 0 Å². The van der Waals surface area contributed by atoms with Gasteiger partial charge in [0.25, 0.3) is 0 Å². The van der Waals surface area contributed by atoms with Gasteiger partial charge in [-0.3, -0.25) is 4.79 Å². The Labute approximate surface area is 98.9 Å². The van der Waals surface area contributed by atoms with E-state index in [1.54, 1.807) is 6.08 Å². The van der Waals surface area contributed by atoms with Crippen LogP contribution in [0.5, 0.6) is 0 Å². The maximum Gasteiger partial charge on any atom is 0.155 e. The molecule has 0 bridgehead atoms. The van der Waals surface area contributed by atoms with E-state index in [0.29, 0.717) is 6.42 Å².